The number of hydrogen-bond donors (Lipinski definition) is 2. The van der Waals surface area contributed by atoms with Crippen molar-refractivity contribution in [2.45, 2.75) is 57.5 Å². The molecule has 1 aromatic heterocycles. The van der Waals surface area contributed by atoms with Gasteiger partial charge in [0.2, 0.25) is 5.91 Å². The Labute approximate surface area is 148 Å². The molecule has 0 saturated carbocycles. The van der Waals surface area contributed by atoms with E-state index in [4.69, 9.17) is 4.42 Å². The number of benzene rings is 1. The Balaban J connectivity index is 0.00000169. The highest BCUT2D eigenvalue weighted by Gasteiger charge is 2.23. The first-order valence-corrected chi connectivity index (χ1v) is 8.75. The van der Waals surface area contributed by atoms with E-state index in [9.17, 15) is 4.79 Å². The van der Waals surface area contributed by atoms with E-state index in [0.29, 0.717) is 12.5 Å². The third kappa shape index (κ3) is 3.31. The lowest BCUT2D eigenvalue weighted by molar-refractivity contribution is -0.121. The molecule has 2 N–H and O–H groups in total. The van der Waals surface area contributed by atoms with Crippen LogP contribution in [0.2, 0.25) is 0 Å². The van der Waals surface area contributed by atoms with Crippen LogP contribution in [0.5, 0.6) is 0 Å². The van der Waals surface area contributed by atoms with Crippen molar-refractivity contribution in [1.29, 1.82) is 0 Å². The highest BCUT2D eigenvalue weighted by atomic mass is 35.5. The van der Waals surface area contributed by atoms with E-state index in [2.05, 4.69) is 29.7 Å². The van der Waals surface area contributed by atoms with Crippen LogP contribution in [0.15, 0.2) is 22.8 Å². The van der Waals surface area contributed by atoms with Crippen LogP contribution in [-0.4, -0.2) is 24.5 Å². The molecule has 2 unspecified atom stereocenters. The van der Waals surface area contributed by atoms with Crippen LogP contribution >= 0.6 is 12.4 Å². The van der Waals surface area contributed by atoms with Gasteiger partial charge in [0, 0.05) is 23.0 Å². The molecule has 2 aliphatic rings. The molecule has 1 fully saturated rings. The molecule has 130 valence electrons. The van der Waals surface area contributed by atoms with Crippen molar-refractivity contribution in [3.05, 3.63) is 35.1 Å². The van der Waals surface area contributed by atoms with Gasteiger partial charge in [0.15, 0.2) is 0 Å². The Hall–Kier alpha value is -1.52. The summed E-state index contributed by atoms with van der Waals surface area (Å²) in [6.07, 6.45) is 7.85. The molecule has 1 saturated heterocycles. The third-order valence-electron chi connectivity index (χ3n) is 5.33. The second-order valence-electron chi connectivity index (χ2n) is 6.97. The Morgan fingerprint density at radius 1 is 1.29 bits per heavy atom. The van der Waals surface area contributed by atoms with Crippen molar-refractivity contribution in [3.63, 3.8) is 0 Å². The number of carbonyl (C=O) groups is 1. The van der Waals surface area contributed by atoms with Gasteiger partial charge in [-0.3, -0.25) is 4.79 Å². The molecule has 2 aromatic rings. The number of hydrogen-bond acceptors (Lipinski definition) is 3. The molecule has 0 radical (unpaired) electrons. The van der Waals surface area contributed by atoms with Crippen LogP contribution < -0.4 is 10.6 Å². The Bertz CT molecular complexity index is 740. The monoisotopic (exact) mass is 348 g/mol. The number of aryl methyl sites for hydroxylation is 2. The van der Waals surface area contributed by atoms with E-state index in [1.54, 1.807) is 6.26 Å². The van der Waals surface area contributed by atoms with Gasteiger partial charge >= 0.3 is 0 Å². The van der Waals surface area contributed by atoms with E-state index in [0.717, 1.165) is 48.8 Å². The van der Waals surface area contributed by atoms with Crippen molar-refractivity contribution in [2.75, 3.05) is 6.54 Å². The number of fused-ring (bicyclic) bond motifs is 2. The molecule has 5 heteroatoms. The normalized spacial score (nSPS) is 22.9. The van der Waals surface area contributed by atoms with Gasteiger partial charge in [0.1, 0.15) is 5.58 Å². The van der Waals surface area contributed by atoms with E-state index in [1.165, 1.54) is 17.5 Å². The molecule has 2 atom stereocenters. The number of furan rings is 1. The Morgan fingerprint density at radius 3 is 2.88 bits per heavy atom. The minimum absolute atomic E-state index is 0. The molecule has 2 heterocycles. The van der Waals surface area contributed by atoms with E-state index in [1.807, 2.05) is 0 Å². The molecule has 1 aromatic carbocycles. The fraction of sp³-hybridized carbons (Fsp3) is 0.526. The summed E-state index contributed by atoms with van der Waals surface area (Å²) < 4.78 is 5.69. The van der Waals surface area contributed by atoms with Gasteiger partial charge in [-0.05, 0) is 68.8 Å². The largest absolute Gasteiger partial charge is 0.464 e. The van der Waals surface area contributed by atoms with E-state index in [-0.39, 0.29) is 24.4 Å². The smallest absolute Gasteiger partial charge is 0.224 e. The average Bonchev–Trinajstić information content (AvgIpc) is 3.14. The van der Waals surface area contributed by atoms with Crippen LogP contribution in [-0.2, 0) is 24.1 Å². The molecule has 1 aliphatic heterocycles. The highest BCUT2D eigenvalue weighted by Crippen LogP contribution is 2.30. The van der Waals surface area contributed by atoms with Gasteiger partial charge in [0.25, 0.3) is 0 Å². The van der Waals surface area contributed by atoms with E-state index >= 15 is 0 Å². The fourth-order valence-electron chi connectivity index (χ4n) is 3.96. The van der Waals surface area contributed by atoms with Gasteiger partial charge in [-0.25, -0.2) is 0 Å². The fourth-order valence-corrected chi connectivity index (χ4v) is 3.96. The maximum atomic E-state index is 12.4. The van der Waals surface area contributed by atoms with Crippen molar-refractivity contribution in [2.24, 2.45) is 0 Å². The summed E-state index contributed by atoms with van der Waals surface area (Å²) in [7, 11) is 0. The minimum Gasteiger partial charge on any atom is -0.464 e. The van der Waals surface area contributed by atoms with Crippen LogP contribution in [0.1, 0.15) is 42.9 Å². The summed E-state index contributed by atoms with van der Waals surface area (Å²) in [6.45, 7) is 3.19. The Morgan fingerprint density at radius 2 is 2.08 bits per heavy atom. The lowest BCUT2D eigenvalue weighted by Crippen LogP contribution is -2.52. The molecule has 24 heavy (non-hydrogen) atoms. The quantitative estimate of drug-likeness (QED) is 0.896. The molecule has 1 amide bonds. The number of nitrogens with one attached hydrogen (secondary N) is 2. The summed E-state index contributed by atoms with van der Waals surface area (Å²) in [5.41, 5.74) is 4.75. The zero-order valence-corrected chi connectivity index (χ0v) is 14.9. The summed E-state index contributed by atoms with van der Waals surface area (Å²) >= 11 is 0. The number of rotatable bonds is 3. The van der Waals surface area contributed by atoms with Crippen molar-refractivity contribution >= 4 is 29.3 Å². The minimum atomic E-state index is 0. The number of piperidine rings is 1. The maximum Gasteiger partial charge on any atom is 0.224 e. The highest BCUT2D eigenvalue weighted by molar-refractivity contribution is 5.88. The topological polar surface area (TPSA) is 54.3 Å². The van der Waals surface area contributed by atoms with E-state index < -0.39 is 0 Å². The summed E-state index contributed by atoms with van der Waals surface area (Å²) in [6, 6.07) is 4.97. The van der Waals surface area contributed by atoms with Gasteiger partial charge in [0.05, 0.1) is 12.7 Å². The van der Waals surface area contributed by atoms with Crippen LogP contribution in [0.3, 0.4) is 0 Å². The second kappa shape index (κ2) is 7.16. The van der Waals surface area contributed by atoms with Crippen molar-refractivity contribution in [1.82, 2.24) is 10.6 Å². The van der Waals surface area contributed by atoms with Crippen LogP contribution in [0, 0.1) is 0 Å². The lowest BCUT2D eigenvalue weighted by atomic mass is 9.99. The maximum absolute atomic E-state index is 12.4. The number of amides is 1. The predicted octanol–water partition coefficient (Wildman–Crippen LogP) is 3.14. The van der Waals surface area contributed by atoms with Gasteiger partial charge in [-0.15, -0.1) is 12.4 Å². The van der Waals surface area contributed by atoms with Crippen LogP contribution in [0.25, 0.3) is 11.0 Å². The first kappa shape index (κ1) is 17.3. The summed E-state index contributed by atoms with van der Waals surface area (Å²) in [4.78, 5) is 12.4. The van der Waals surface area contributed by atoms with Gasteiger partial charge < -0.3 is 15.1 Å². The van der Waals surface area contributed by atoms with Gasteiger partial charge in [-0.1, -0.05) is 0 Å². The lowest BCUT2D eigenvalue weighted by Gasteiger charge is -2.30. The summed E-state index contributed by atoms with van der Waals surface area (Å²) in [5.74, 6) is 0.0914. The summed E-state index contributed by atoms with van der Waals surface area (Å²) in [5, 5.41) is 7.71. The molecule has 0 bridgehead atoms. The molecular weight excluding hydrogens is 324 g/mol. The predicted molar refractivity (Wildman–Crippen MR) is 97.8 cm³/mol. The zero-order chi connectivity index (χ0) is 15.8. The van der Waals surface area contributed by atoms with Crippen molar-refractivity contribution < 1.29 is 9.21 Å². The standard InChI is InChI=1S/C19H24N2O2.ClH/c1-12-17(6-3-7-20-12)21-19(22)10-15-11-23-18-9-14-5-2-4-13(14)8-16(15)18;/h8-9,11-12,17,20H,2-7,10H2,1H3,(H,21,22);1H. The molecule has 4 rings (SSSR count). The molecule has 4 nitrogen and oxygen atoms in total. The first-order valence-electron chi connectivity index (χ1n) is 8.75. The molecule has 0 spiro atoms. The zero-order valence-electron chi connectivity index (χ0n) is 14.1. The second-order valence-corrected chi connectivity index (χ2v) is 6.97. The Kier molecular flexibility index (Phi) is 5.16. The number of carbonyl (C=O) groups excluding carboxylic acids is 1. The van der Waals surface area contributed by atoms with Crippen molar-refractivity contribution in [3.8, 4) is 0 Å². The third-order valence-corrected chi connectivity index (χ3v) is 5.33. The SMILES string of the molecule is CC1NCCCC1NC(=O)Cc1coc2cc3c(cc12)CCC3.Cl. The average molecular weight is 349 g/mol. The first-order chi connectivity index (χ1) is 11.2. The van der Waals surface area contributed by atoms with Gasteiger partial charge in [-0.2, -0.15) is 0 Å². The molecular formula is C19H25ClN2O2. The number of halogens is 1. The molecule has 1 aliphatic carbocycles. The van der Waals surface area contributed by atoms with Crippen LogP contribution in [0.4, 0.5) is 0 Å².